The van der Waals surface area contributed by atoms with Crippen LogP contribution in [0.4, 0.5) is 5.82 Å². The van der Waals surface area contributed by atoms with Crippen LogP contribution < -0.4 is 11.5 Å². The van der Waals surface area contributed by atoms with Crippen molar-refractivity contribution in [2.24, 2.45) is 5.73 Å². The Morgan fingerprint density at radius 1 is 1.42 bits per heavy atom. The average Bonchev–Trinajstić information content (AvgIpc) is 1.95. The van der Waals surface area contributed by atoms with Crippen LogP contribution in [-0.2, 0) is 6.54 Å². The van der Waals surface area contributed by atoms with E-state index >= 15 is 0 Å². The van der Waals surface area contributed by atoms with Crippen molar-refractivity contribution in [3.05, 3.63) is 22.3 Å². The summed E-state index contributed by atoms with van der Waals surface area (Å²) in [5, 5.41) is 0. The fourth-order valence-electron chi connectivity index (χ4n) is 0.600. The average molecular weight is 275 g/mol. The van der Waals surface area contributed by atoms with E-state index in [1.807, 2.05) is 6.07 Å². The molecule has 0 spiro atoms. The van der Waals surface area contributed by atoms with Crippen LogP contribution in [0.15, 0.2) is 16.7 Å². The van der Waals surface area contributed by atoms with Crippen molar-refractivity contribution in [3.63, 3.8) is 0 Å². The number of anilines is 1. The summed E-state index contributed by atoms with van der Waals surface area (Å²) in [4.78, 5) is 3.90. The SMILES string of the molecule is Cl.Cl.NCc1cnc(N)c(Br)c1. The van der Waals surface area contributed by atoms with Crippen LogP contribution in [-0.4, -0.2) is 4.98 Å². The first kappa shape index (κ1) is 14.5. The molecule has 0 saturated heterocycles. The van der Waals surface area contributed by atoms with Crippen LogP contribution in [0.1, 0.15) is 5.56 Å². The molecule has 12 heavy (non-hydrogen) atoms. The fourth-order valence-corrected chi connectivity index (χ4v) is 0.996. The minimum absolute atomic E-state index is 0. The highest BCUT2D eigenvalue weighted by molar-refractivity contribution is 9.10. The molecule has 0 saturated carbocycles. The molecule has 0 aromatic carbocycles. The molecule has 1 heterocycles. The van der Waals surface area contributed by atoms with Gasteiger partial charge in [-0.2, -0.15) is 0 Å². The summed E-state index contributed by atoms with van der Waals surface area (Å²) >= 11 is 3.24. The molecule has 1 aromatic rings. The van der Waals surface area contributed by atoms with Gasteiger partial charge in [0.1, 0.15) is 5.82 Å². The van der Waals surface area contributed by atoms with Crippen molar-refractivity contribution < 1.29 is 0 Å². The number of halogens is 3. The Hall–Kier alpha value is -0.0300. The maximum absolute atomic E-state index is 5.44. The number of rotatable bonds is 1. The van der Waals surface area contributed by atoms with Gasteiger partial charge in [0.2, 0.25) is 0 Å². The molecule has 0 bridgehead atoms. The lowest BCUT2D eigenvalue weighted by molar-refractivity contribution is 1.05. The fraction of sp³-hybridized carbons (Fsp3) is 0.167. The first-order valence-electron chi connectivity index (χ1n) is 2.84. The first-order chi connectivity index (χ1) is 4.74. The summed E-state index contributed by atoms with van der Waals surface area (Å²) < 4.78 is 0.801. The number of nitrogens with two attached hydrogens (primary N) is 2. The number of aromatic nitrogens is 1. The summed E-state index contributed by atoms with van der Waals surface area (Å²) in [5.74, 6) is 0.497. The molecule has 6 heteroatoms. The second-order valence-corrected chi connectivity index (χ2v) is 2.77. The van der Waals surface area contributed by atoms with E-state index in [1.165, 1.54) is 0 Å². The predicted molar refractivity (Wildman–Crippen MR) is 58.7 cm³/mol. The van der Waals surface area contributed by atoms with E-state index in [0.29, 0.717) is 12.4 Å². The Kier molecular flexibility index (Phi) is 7.83. The highest BCUT2D eigenvalue weighted by Gasteiger charge is 1.96. The molecule has 0 unspecified atom stereocenters. The Labute approximate surface area is 91.9 Å². The molecule has 0 aliphatic rings. The maximum atomic E-state index is 5.44. The quantitative estimate of drug-likeness (QED) is 0.820. The topological polar surface area (TPSA) is 64.9 Å². The summed E-state index contributed by atoms with van der Waals surface area (Å²) in [6.45, 7) is 0.492. The second-order valence-electron chi connectivity index (χ2n) is 1.91. The van der Waals surface area contributed by atoms with Gasteiger partial charge < -0.3 is 11.5 Å². The van der Waals surface area contributed by atoms with Gasteiger partial charge in [0.15, 0.2) is 0 Å². The molecule has 0 atom stereocenters. The first-order valence-corrected chi connectivity index (χ1v) is 3.63. The number of hydrogen-bond donors (Lipinski definition) is 2. The summed E-state index contributed by atoms with van der Waals surface area (Å²) in [5.41, 5.74) is 11.8. The van der Waals surface area contributed by atoms with Gasteiger partial charge >= 0.3 is 0 Å². The largest absolute Gasteiger partial charge is 0.383 e. The minimum Gasteiger partial charge on any atom is -0.383 e. The third-order valence-electron chi connectivity index (χ3n) is 1.16. The van der Waals surface area contributed by atoms with Gasteiger partial charge in [-0.3, -0.25) is 0 Å². The van der Waals surface area contributed by atoms with Crippen molar-refractivity contribution in [1.29, 1.82) is 0 Å². The van der Waals surface area contributed by atoms with E-state index in [2.05, 4.69) is 20.9 Å². The maximum Gasteiger partial charge on any atom is 0.137 e. The third kappa shape index (κ3) is 3.58. The zero-order chi connectivity index (χ0) is 7.56. The van der Waals surface area contributed by atoms with Crippen molar-refractivity contribution >= 4 is 46.6 Å². The van der Waals surface area contributed by atoms with Crippen molar-refractivity contribution in [1.82, 2.24) is 4.98 Å². The third-order valence-corrected chi connectivity index (χ3v) is 1.80. The number of nitrogen functional groups attached to an aromatic ring is 1. The van der Waals surface area contributed by atoms with Gasteiger partial charge in [0, 0.05) is 12.7 Å². The molecule has 4 N–H and O–H groups in total. The molecule has 1 aromatic heterocycles. The van der Waals surface area contributed by atoms with Crippen molar-refractivity contribution in [3.8, 4) is 0 Å². The smallest absolute Gasteiger partial charge is 0.137 e. The molecular weight excluding hydrogens is 265 g/mol. The molecule has 70 valence electrons. The summed E-state index contributed by atoms with van der Waals surface area (Å²) in [7, 11) is 0. The van der Waals surface area contributed by atoms with Crippen LogP contribution in [0.2, 0.25) is 0 Å². The molecule has 0 aliphatic carbocycles. The molecule has 0 radical (unpaired) electrons. The van der Waals surface area contributed by atoms with E-state index in [1.54, 1.807) is 6.20 Å². The lowest BCUT2D eigenvalue weighted by Gasteiger charge is -1.98. The normalized spacial score (nSPS) is 8.17. The van der Waals surface area contributed by atoms with E-state index in [-0.39, 0.29) is 24.8 Å². The number of pyridine rings is 1. The number of nitrogens with zero attached hydrogens (tertiary/aromatic N) is 1. The van der Waals surface area contributed by atoms with E-state index in [9.17, 15) is 0 Å². The van der Waals surface area contributed by atoms with Crippen molar-refractivity contribution in [2.45, 2.75) is 6.54 Å². The predicted octanol–water partition coefficient (Wildman–Crippen LogP) is 1.73. The lowest BCUT2D eigenvalue weighted by Crippen LogP contribution is -1.99. The van der Waals surface area contributed by atoms with Crippen LogP contribution >= 0.6 is 40.7 Å². The summed E-state index contributed by atoms with van der Waals surface area (Å²) in [6.07, 6.45) is 1.67. The molecule has 0 amide bonds. The standard InChI is InChI=1S/C6H8BrN3.2ClH/c7-5-1-4(2-8)3-10-6(5)9;;/h1,3H,2,8H2,(H2,9,10);2*1H. The Morgan fingerprint density at radius 2 is 2.00 bits per heavy atom. The van der Waals surface area contributed by atoms with Gasteiger partial charge in [-0.1, -0.05) is 0 Å². The van der Waals surface area contributed by atoms with Gasteiger partial charge in [-0.15, -0.1) is 24.8 Å². The molecule has 0 aliphatic heterocycles. The van der Waals surface area contributed by atoms with E-state index in [0.717, 1.165) is 10.0 Å². The lowest BCUT2D eigenvalue weighted by atomic mass is 10.3. The molecule has 1 rings (SSSR count). The zero-order valence-corrected chi connectivity index (χ0v) is 9.38. The highest BCUT2D eigenvalue weighted by atomic mass is 79.9. The molecule has 0 fully saturated rings. The van der Waals surface area contributed by atoms with Gasteiger partial charge in [0.05, 0.1) is 4.47 Å². The van der Waals surface area contributed by atoms with E-state index in [4.69, 9.17) is 11.5 Å². The minimum atomic E-state index is 0. The van der Waals surface area contributed by atoms with Crippen LogP contribution in [0.5, 0.6) is 0 Å². The Balaban J connectivity index is 0. The Bertz CT molecular complexity index is 244. The van der Waals surface area contributed by atoms with Crippen LogP contribution in [0.25, 0.3) is 0 Å². The molecule has 3 nitrogen and oxygen atoms in total. The van der Waals surface area contributed by atoms with Gasteiger partial charge in [-0.05, 0) is 27.6 Å². The molecular formula is C6H10BrCl2N3. The zero-order valence-electron chi connectivity index (χ0n) is 6.16. The van der Waals surface area contributed by atoms with Gasteiger partial charge in [-0.25, -0.2) is 4.98 Å². The van der Waals surface area contributed by atoms with Crippen molar-refractivity contribution in [2.75, 3.05) is 5.73 Å². The summed E-state index contributed by atoms with van der Waals surface area (Å²) in [6, 6.07) is 1.86. The van der Waals surface area contributed by atoms with Gasteiger partial charge in [0.25, 0.3) is 0 Å². The van der Waals surface area contributed by atoms with Crippen LogP contribution in [0.3, 0.4) is 0 Å². The highest BCUT2D eigenvalue weighted by Crippen LogP contribution is 2.16. The monoisotopic (exact) mass is 273 g/mol. The van der Waals surface area contributed by atoms with E-state index < -0.39 is 0 Å². The Morgan fingerprint density at radius 3 is 2.42 bits per heavy atom. The number of hydrogen-bond acceptors (Lipinski definition) is 3. The van der Waals surface area contributed by atoms with Crippen LogP contribution in [0, 0.1) is 0 Å². The second kappa shape index (κ2) is 6.48.